The maximum absolute atomic E-state index is 12.3. The van der Waals surface area contributed by atoms with E-state index in [2.05, 4.69) is 10.3 Å². The fraction of sp³-hybridized carbons (Fsp3) is 0.158. The normalized spacial score (nSPS) is 11.8. The van der Waals surface area contributed by atoms with Crippen LogP contribution in [0.4, 0.5) is 0 Å². The molecule has 0 bridgehead atoms. The van der Waals surface area contributed by atoms with Crippen molar-refractivity contribution in [2.24, 2.45) is 0 Å². The smallest absolute Gasteiger partial charge is 0.261 e. The molecule has 5 nitrogen and oxygen atoms in total. The van der Waals surface area contributed by atoms with Crippen LogP contribution in [0.2, 0.25) is 5.02 Å². The number of hydrogen-bond acceptors (Lipinski definition) is 3. The first kappa shape index (κ1) is 17.0. The Hall–Kier alpha value is -2.79. The maximum Gasteiger partial charge on any atom is 0.261 e. The van der Waals surface area contributed by atoms with Gasteiger partial charge in [-0.25, -0.2) is 4.98 Å². The highest BCUT2D eigenvalue weighted by Gasteiger charge is 2.15. The SMILES string of the molecule is C[C@@H](Oc1ccc(Cl)cc1)C(=O)NCc1ccccc1-n1ccnc1. The summed E-state index contributed by atoms with van der Waals surface area (Å²) in [5.74, 6) is 0.418. The second kappa shape index (κ2) is 7.85. The average molecular weight is 356 g/mol. The van der Waals surface area contributed by atoms with Gasteiger partial charge < -0.3 is 14.6 Å². The minimum atomic E-state index is -0.610. The lowest BCUT2D eigenvalue weighted by atomic mass is 10.1. The second-order valence-electron chi connectivity index (χ2n) is 5.53. The van der Waals surface area contributed by atoms with Gasteiger partial charge in [0.25, 0.3) is 5.91 Å². The fourth-order valence-corrected chi connectivity index (χ4v) is 2.54. The molecule has 1 N–H and O–H groups in total. The van der Waals surface area contributed by atoms with Crippen LogP contribution in [0.15, 0.2) is 67.3 Å². The van der Waals surface area contributed by atoms with Gasteiger partial charge in [-0.3, -0.25) is 4.79 Å². The monoisotopic (exact) mass is 355 g/mol. The van der Waals surface area contributed by atoms with Gasteiger partial charge >= 0.3 is 0 Å². The minimum Gasteiger partial charge on any atom is -0.481 e. The maximum atomic E-state index is 12.3. The summed E-state index contributed by atoms with van der Waals surface area (Å²) < 4.78 is 7.55. The standard InChI is InChI=1S/C19H18ClN3O2/c1-14(25-17-8-6-16(20)7-9-17)19(24)22-12-15-4-2-3-5-18(15)23-11-10-21-13-23/h2-11,13-14H,12H2,1H3,(H,22,24)/t14-/m1/s1. The molecule has 1 heterocycles. The van der Waals surface area contributed by atoms with E-state index in [1.54, 1.807) is 43.7 Å². The Morgan fingerprint density at radius 3 is 2.72 bits per heavy atom. The van der Waals surface area contributed by atoms with E-state index in [0.29, 0.717) is 17.3 Å². The summed E-state index contributed by atoms with van der Waals surface area (Å²) in [6.07, 6.45) is 4.71. The zero-order valence-corrected chi connectivity index (χ0v) is 14.5. The Balaban J connectivity index is 1.62. The zero-order chi connectivity index (χ0) is 17.6. The van der Waals surface area contributed by atoms with Crippen molar-refractivity contribution in [2.75, 3.05) is 0 Å². The summed E-state index contributed by atoms with van der Waals surface area (Å²) in [7, 11) is 0. The van der Waals surface area contributed by atoms with Gasteiger partial charge in [-0.05, 0) is 42.8 Å². The number of nitrogens with one attached hydrogen (secondary N) is 1. The molecule has 0 spiro atoms. The summed E-state index contributed by atoms with van der Waals surface area (Å²) >= 11 is 5.84. The number of halogens is 1. The quantitative estimate of drug-likeness (QED) is 0.735. The molecule has 0 aliphatic carbocycles. The Morgan fingerprint density at radius 1 is 1.24 bits per heavy atom. The molecule has 0 aliphatic heterocycles. The van der Waals surface area contributed by atoms with E-state index < -0.39 is 6.10 Å². The lowest BCUT2D eigenvalue weighted by Crippen LogP contribution is -2.36. The molecule has 3 rings (SSSR count). The second-order valence-corrected chi connectivity index (χ2v) is 5.97. The van der Waals surface area contributed by atoms with E-state index in [9.17, 15) is 4.79 Å². The van der Waals surface area contributed by atoms with E-state index in [-0.39, 0.29) is 5.91 Å². The van der Waals surface area contributed by atoms with Crippen molar-refractivity contribution >= 4 is 17.5 Å². The molecule has 1 aromatic heterocycles. The number of aromatic nitrogens is 2. The molecular formula is C19H18ClN3O2. The van der Waals surface area contributed by atoms with Crippen molar-refractivity contribution in [2.45, 2.75) is 19.6 Å². The van der Waals surface area contributed by atoms with Gasteiger partial charge in [0.2, 0.25) is 0 Å². The number of rotatable bonds is 6. The highest BCUT2D eigenvalue weighted by molar-refractivity contribution is 6.30. The van der Waals surface area contributed by atoms with E-state index in [0.717, 1.165) is 11.3 Å². The summed E-state index contributed by atoms with van der Waals surface area (Å²) in [6, 6.07) is 14.8. The van der Waals surface area contributed by atoms with Crippen LogP contribution >= 0.6 is 11.6 Å². The van der Waals surface area contributed by atoms with Gasteiger partial charge in [0.15, 0.2) is 6.10 Å². The summed E-state index contributed by atoms with van der Waals surface area (Å²) in [6.45, 7) is 2.12. The van der Waals surface area contributed by atoms with Gasteiger partial charge in [-0.1, -0.05) is 29.8 Å². The number of benzene rings is 2. The van der Waals surface area contributed by atoms with E-state index in [4.69, 9.17) is 16.3 Å². The van der Waals surface area contributed by atoms with Gasteiger partial charge in [-0.2, -0.15) is 0 Å². The predicted octanol–water partition coefficient (Wildman–Crippen LogP) is 3.61. The molecule has 0 unspecified atom stereocenters. The third kappa shape index (κ3) is 4.39. The van der Waals surface area contributed by atoms with Crippen molar-refractivity contribution in [3.63, 3.8) is 0 Å². The molecule has 0 saturated heterocycles. The molecule has 3 aromatic rings. The molecule has 6 heteroatoms. The van der Waals surface area contributed by atoms with Gasteiger partial charge in [0.1, 0.15) is 5.75 Å². The molecule has 128 valence electrons. The zero-order valence-electron chi connectivity index (χ0n) is 13.7. The molecular weight excluding hydrogens is 338 g/mol. The fourth-order valence-electron chi connectivity index (χ4n) is 2.41. The number of para-hydroxylation sites is 1. The molecule has 1 amide bonds. The molecule has 0 fully saturated rings. The first-order valence-electron chi connectivity index (χ1n) is 7.89. The predicted molar refractivity (Wildman–Crippen MR) is 97.0 cm³/mol. The van der Waals surface area contributed by atoms with Crippen LogP contribution in [0.5, 0.6) is 5.75 Å². The third-order valence-corrected chi connectivity index (χ3v) is 3.97. The highest BCUT2D eigenvalue weighted by atomic mass is 35.5. The van der Waals surface area contributed by atoms with Crippen LogP contribution in [0, 0.1) is 0 Å². The molecule has 2 aromatic carbocycles. The number of carbonyl (C=O) groups is 1. The molecule has 25 heavy (non-hydrogen) atoms. The lowest BCUT2D eigenvalue weighted by Gasteiger charge is -2.16. The largest absolute Gasteiger partial charge is 0.481 e. The van der Waals surface area contributed by atoms with Crippen molar-refractivity contribution < 1.29 is 9.53 Å². The number of amides is 1. The van der Waals surface area contributed by atoms with Crippen LogP contribution in [-0.2, 0) is 11.3 Å². The highest BCUT2D eigenvalue weighted by Crippen LogP contribution is 2.17. The summed E-state index contributed by atoms with van der Waals surface area (Å²) in [5.41, 5.74) is 1.97. The number of carbonyl (C=O) groups excluding carboxylic acids is 1. The van der Waals surface area contributed by atoms with Crippen LogP contribution in [0.1, 0.15) is 12.5 Å². The van der Waals surface area contributed by atoms with Crippen molar-refractivity contribution in [3.05, 3.63) is 77.8 Å². The Bertz CT molecular complexity index is 832. The van der Waals surface area contributed by atoms with Gasteiger partial charge in [0, 0.05) is 24.0 Å². The van der Waals surface area contributed by atoms with Crippen LogP contribution < -0.4 is 10.1 Å². The Morgan fingerprint density at radius 2 is 2.00 bits per heavy atom. The van der Waals surface area contributed by atoms with E-state index >= 15 is 0 Å². The first-order valence-corrected chi connectivity index (χ1v) is 8.27. The summed E-state index contributed by atoms with van der Waals surface area (Å²) in [4.78, 5) is 16.4. The van der Waals surface area contributed by atoms with Gasteiger partial charge in [0.05, 0.1) is 12.0 Å². The topological polar surface area (TPSA) is 56.1 Å². The van der Waals surface area contributed by atoms with Crippen molar-refractivity contribution in [1.82, 2.24) is 14.9 Å². The van der Waals surface area contributed by atoms with Crippen molar-refractivity contribution in [1.29, 1.82) is 0 Å². The minimum absolute atomic E-state index is 0.185. The number of ether oxygens (including phenoxy) is 1. The first-order chi connectivity index (χ1) is 12.1. The van der Waals surface area contributed by atoms with Gasteiger partial charge in [-0.15, -0.1) is 0 Å². The third-order valence-electron chi connectivity index (χ3n) is 3.72. The number of hydrogen-bond donors (Lipinski definition) is 1. The molecule has 0 saturated carbocycles. The number of imidazole rings is 1. The van der Waals surface area contributed by atoms with Crippen LogP contribution in [0.3, 0.4) is 0 Å². The molecule has 1 atom stereocenters. The summed E-state index contributed by atoms with van der Waals surface area (Å²) in [5, 5.41) is 3.53. The lowest BCUT2D eigenvalue weighted by molar-refractivity contribution is -0.127. The molecule has 0 aliphatic rings. The van der Waals surface area contributed by atoms with Crippen LogP contribution in [0.25, 0.3) is 5.69 Å². The molecule has 0 radical (unpaired) electrons. The average Bonchev–Trinajstić information content (AvgIpc) is 3.16. The Labute approximate surface area is 151 Å². The van der Waals surface area contributed by atoms with E-state index in [1.165, 1.54) is 0 Å². The Kier molecular flexibility index (Phi) is 5.36. The number of nitrogens with zero attached hydrogens (tertiary/aromatic N) is 2. The van der Waals surface area contributed by atoms with Crippen molar-refractivity contribution in [3.8, 4) is 11.4 Å². The van der Waals surface area contributed by atoms with Crippen LogP contribution in [-0.4, -0.2) is 21.6 Å². The van der Waals surface area contributed by atoms with E-state index in [1.807, 2.05) is 35.0 Å².